The number of carbonyl (C=O) groups is 3. The molecule has 0 saturated heterocycles. The fourth-order valence-electron chi connectivity index (χ4n) is 2.41. The van der Waals surface area contributed by atoms with Crippen LogP contribution in [0.4, 0.5) is 10.5 Å². The van der Waals surface area contributed by atoms with E-state index < -0.39 is 29.6 Å². The van der Waals surface area contributed by atoms with Crippen LogP contribution in [0.2, 0.25) is 0 Å². The zero-order valence-electron chi connectivity index (χ0n) is 16.3. The molecule has 0 spiro atoms. The van der Waals surface area contributed by atoms with Gasteiger partial charge in [0.2, 0.25) is 0 Å². The van der Waals surface area contributed by atoms with Crippen LogP contribution in [-0.4, -0.2) is 34.7 Å². The third-order valence-electron chi connectivity index (χ3n) is 3.64. The van der Waals surface area contributed by atoms with Crippen molar-refractivity contribution in [3.05, 3.63) is 35.9 Å². The van der Waals surface area contributed by atoms with E-state index in [0.29, 0.717) is 24.1 Å². The van der Waals surface area contributed by atoms with Crippen molar-refractivity contribution in [3.63, 3.8) is 0 Å². The minimum absolute atomic E-state index is 0.223. The van der Waals surface area contributed by atoms with Crippen molar-refractivity contribution in [1.82, 2.24) is 5.32 Å². The number of benzene rings is 1. The normalized spacial score (nSPS) is 12.0. The molecular weight excluding hydrogens is 348 g/mol. The molecule has 7 heteroatoms. The van der Waals surface area contributed by atoms with Crippen LogP contribution in [0.5, 0.6) is 0 Å². The Labute approximate surface area is 159 Å². The highest BCUT2D eigenvalue weighted by Gasteiger charge is 2.23. The maximum absolute atomic E-state index is 12.6. The summed E-state index contributed by atoms with van der Waals surface area (Å²) in [7, 11) is 0. The Balaban J connectivity index is 3.04. The topological polar surface area (TPSA) is 105 Å². The maximum atomic E-state index is 12.6. The van der Waals surface area contributed by atoms with E-state index >= 15 is 0 Å². The number of amides is 2. The number of nitrogens with one attached hydrogen (secondary N) is 2. The number of hydrogen-bond acceptors (Lipinski definition) is 4. The van der Waals surface area contributed by atoms with Gasteiger partial charge in [-0.15, -0.1) is 0 Å². The van der Waals surface area contributed by atoms with E-state index in [2.05, 4.69) is 17.2 Å². The van der Waals surface area contributed by atoms with Crippen LogP contribution in [0, 0.1) is 0 Å². The summed E-state index contributed by atoms with van der Waals surface area (Å²) in [4.78, 5) is 36.0. The number of carboxylic acid groups (broad SMARTS) is 1. The molecule has 27 heavy (non-hydrogen) atoms. The van der Waals surface area contributed by atoms with Crippen LogP contribution in [0.3, 0.4) is 0 Å². The Kier molecular flexibility index (Phi) is 8.02. The predicted molar refractivity (Wildman–Crippen MR) is 105 cm³/mol. The van der Waals surface area contributed by atoms with Gasteiger partial charge in [0.1, 0.15) is 11.6 Å². The van der Waals surface area contributed by atoms with E-state index in [1.807, 2.05) is 6.92 Å². The summed E-state index contributed by atoms with van der Waals surface area (Å²) in [6.45, 7) is 10.9. The molecule has 0 fully saturated rings. The van der Waals surface area contributed by atoms with Gasteiger partial charge >= 0.3 is 12.1 Å². The minimum Gasteiger partial charge on any atom is -0.480 e. The summed E-state index contributed by atoms with van der Waals surface area (Å²) in [6, 6.07) is 3.78. The lowest BCUT2D eigenvalue weighted by atomic mass is 10.0. The van der Waals surface area contributed by atoms with Crippen molar-refractivity contribution in [2.24, 2.45) is 0 Å². The standard InChI is InChI=1S/C20H28N2O5/c1-6-8-11-16(18(24)25)21-17(23)14-10-9-12-15(13(14)7-2)22-19(26)27-20(3,4)5/h7,9-10,12,16H,2,6,8,11H2,1,3-5H3,(H,21,23)(H,22,26)(H,24,25)/t16-/m0/s1. The lowest BCUT2D eigenvalue weighted by molar-refractivity contribution is -0.139. The second-order valence-electron chi connectivity index (χ2n) is 7.10. The number of anilines is 1. The highest BCUT2D eigenvalue weighted by molar-refractivity contribution is 6.02. The van der Waals surface area contributed by atoms with Crippen molar-refractivity contribution in [2.45, 2.75) is 58.6 Å². The lowest BCUT2D eigenvalue weighted by Gasteiger charge is -2.21. The van der Waals surface area contributed by atoms with Crippen LogP contribution in [0.25, 0.3) is 6.08 Å². The first-order valence-electron chi connectivity index (χ1n) is 8.88. The van der Waals surface area contributed by atoms with E-state index in [1.54, 1.807) is 39.0 Å². The van der Waals surface area contributed by atoms with Gasteiger partial charge in [-0.25, -0.2) is 9.59 Å². The molecular formula is C20H28N2O5. The molecule has 1 aromatic carbocycles. The van der Waals surface area contributed by atoms with Gasteiger partial charge in [0.15, 0.2) is 0 Å². The van der Waals surface area contributed by atoms with Gasteiger partial charge in [-0.1, -0.05) is 38.5 Å². The Morgan fingerprint density at radius 2 is 1.96 bits per heavy atom. The summed E-state index contributed by atoms with van der Waals surface area (Å²) in [5.74, 6) is -1.62. The van der Waals surface area contributed by atoms with Gasteiger partial charge in [0, 0.05) is 11.1 Å². The molecule has 2 amide bonds. The van der Waals surface area contributed by atoms with Crippen molar-refractivity contribution >= 4 is 29.7 Å². The molecule has 0 aliphatic heterocycles. The second-order valence-corrected chi connectivity index (χ2v) is 7.10. The average molecular weight is 376 g/mol. The molecule has 3 N–H and O–H groups in total. The number of rotatable bonds is 8. The Bertz CT molecular complexity index is 707. The number of hydrogen-bond donors (Lipinski definition) is 3. The molecule has 0 bridgehead atoms. The van der Waals surface area contributed by atoms with Gasteiger partial charge in [0.05, 0.1) is 5.69 Å². The first kappa shape index (κ1) is 22.2. The molecule has 148 valence electrons. The SMILES string of the molecule is C=Cc1c(NC(=O)OC(C)(C)C)cccc1C(=O)N[C@@H](CCCC)C(=O)O. The smallest absolute Gasteiger partial charge is 0.412 e. The highest BCUT2D eigenvalue weighted by atomic mass is 16.6. The molecule has 0 aliphatic rings. The van der Waals surface area contributed by atoms with Gasteiger partial charge in [-0.3, -0.25) is 10.1 Å². The van der Waals surface area contributed by atoms with Gasteiger partial charge in [-0.2, -0.15) is 0 Å². The van der Waals surface area contributed by atoms with Crippen LogP contribution in [-0.2, 0) is 9.53 Å². The summed E-state index contributed by atoms with van der Waals surface area (Å²) in [5.41, 5.74) is 0.302. The molecule has 0 saturated carbocycles. The average Bonchev–Trinajstić information content (AvgIpc) is 2.56. The fraction of sp³-hybridized carbons (Fsp3) is 0.450. The number of unbranched alkanes of at least 4 members (excludes halogenated alkanes) is 1. The van der Waals surface area contributed by atoms with Gasteiger partial charge < -0.3 is 15.2 Å². The molecule has 7 nitrogen and oxygen atoms in total. The summed E-state index contributed by atoms with van der Waals surface area (Å²) in [5, 5.41) is 14.4. The van der Waals surface area contributed by atoms with Crippen LogP contribution in [0.15, 0.2) is 24.8 Å². The summed E-state index contributed by atoms with van der Waals surface area (Å²) < 4.78 is 5.22. The van der Waals surface area contributed by atoms with E-state index in [-0.39, 0.29) is 5.56 Å². The third kappa shape index (κ3) is 7.13. The van der Waals surface area contributed by atoms with Crippen molar-refractivity contribution < 1.29 is 24.2 Å². The number of carbonyl (C=O) groups excluding carboxylic acids is 2. The summed E-state index contributed by atoms with van der Waals surface area (Å²) in [6.07, 6.45) is 2.63. The van der Waals surface area contributed by atoms with Gasteiger partial charge in [0.25, 0.3) is 5.91 Å². The monoisotopic (exact) mass is 376 g/mol. The quantitative estimate of drug-likeness (QED) is 0.635. The predicted octanol–water partition coefficient (Wildman–Crippen LogP) is 4.05. The number of aliphatic carboxylic acids is 1. The van der Waals surface area contributed by atoms with Crippen LogP contribution >= 0.6 is 0 Å². The Morgan fingerprint density at radius 1 is 1.30 bits per heavy atom. The molecule has 0 aliphatic carbocycles. The largest absolute Gasteiger partial charge is 0.480 e. The highest BCUT2D eigenvalue weighted by Crippen LogP contribution is 2.23. The molecule has 0 aromatic heterocycles. The lowest BCUT2D eigenvalue weighted by Crippen LogP contribution is -2.41. The first-order valence-corrected chi connectivity index (χ1v) is 8.88. The molecule has 0 radical (unpaired) electrons. The Hall–Kier alpha value is -2.83. The molecule has 0 heterocycles. The fourth-order valence-corrected chi connectivity index (χ4v) is 2.41. The number of carboxylic acids is 1. The molecule has 1 aromatic rings. The van der Waals surface area contributed by atoms with E-state index in [4.69, 9.17) is 4.74 Å². The van der Waals surface area contributed by atoms with E-state index in [1.165, 1.54) is 6.08 Å². The second kappa shape index (κ2) is 9.75. The molecule has 1 rings (SSSR count). The summed E-state index contributed by atoms with van der Waals surface area (Å²) >= 11 is 0. The van der Waals surface area contributed by atoms with Crippen molar-refractivity contribution in [2.75, 3.05) is 5.32 Å². The van der Waals surface area contributed by atoms with Crippen LogP contribution in [0.1, 0.15) is 62.9 Å². The van der Waals surface area contributed by atoms with Crippen molar-refractivity contribution in [3.8, 4) is 0 Å². The van der Waals surface area contributed by atoms with E-state index in [9.17, 15) is 19.5 Å². The Morgan fingerprint density at radius 3 is 2.48 bits per heavy atom. The molecule has 1 atom stereocenters. The first-order chi connectivity index (χ1) is 12.6. The maximum Gasteiger partial charge on any atom is 0.412 e. The third-order valence-corrected chi connectivity index (χ3v) is 3.64. The zero-order valence-corrected chi connectivity index (χ0v) is 16.3. The number of ether oxygens (including phenoxy) is 1. The van der Waals surface area contributed by atoms with Gasteiger partial charge in [-0.05, 0) is 39.3 Å². The zero-order chi connectivity index (χ0) is 20.6. The van der Waals surface area contributed by atoms with Crippen LogP contribution < -0.4 is 10.6 Å². The van der Waals surface area contributed by atoms with E-state index in [0.717, 1.165) is 6.42 Å². The molecule has 0 unspecified atom stereocenters. The minimum atomic E-state index is -1.08. The van der Waals surface area contributed by atoms with Crippen molar-refractivity contribution in [1.29, 1.82) is 0 Å².